The van der Waals surface area contributed by atoms with Crippen molar-refractivity contribution in [1.29, 1.82) is 0 Å². The van der Waals surface area contributed by atoms with E-state index in [-0.39, 0.29) is 0 Å². The fourth-order valence-electron chi connectivity index (χ4n) is 1.46. The van der Waals surface area contributed by atoms with Crippen LogP contribution in [-0.2, 0) is 15.3 Å². The summed E-state index contributed by atoms with van der Waals surface area (Å²) in [5, 5.41) is 0. The molecular weight excluding hydrogens is 272 g/mol. The van der Waals surface area contributed by atoms with Crippen LogP contribution in [0.15, 0.2) is 18.2 Å². The number of esters is 1. The molecule has 1 unspecified atom stereocenters. The summed E-state index contributed by atoms with van der Waals surface area (Å²) in [4.78, 5) is 11.2. The molecule has 0 radical (unpaired) electrons. The molecule has 0 aliphatic rings. The number of rotatable bonds is 7. The Hall–Kier alpha value is -1.14. The third kappa shape index (κ3) is 6.02. The highest BCUT2D eigenvalue weighted by atomic mass is 32.2. The van der Waals surface area contributed by atoms with Gasteiger partial charge < -0.3 is 10.5 Å². The van der Waals surface area contributed by atoms with E-state index in [0.717, 1.165) is 6.07 Å². The first-order valence-corrected chi connectivity index (χ1v) is 7.13. The highest BCUT2D eigenvalue weighted by Gasteiger charge is 2.13. The first kappa shape index (κ1) is 15.9. The standard InChI is InChI=1S/C13H17F2NO2S/c1-2-18-13(17)12(16)3-4-19-8-9-5-10(14)7-11(15)6-9/h5-7,12H,2-4,8,16H2,1H3. The van der Waals surface area contributed by atoms with Gasteiger partial charge in [-0.3, -0.25) is 4.79 Å². The number of hydrogen-bond acceptors (Lipinski definition) is 4. The van der Waals surface area contributed by atoms with E-state index < -0.39 is 23.6 Å². The minimum atomic E-state index is -0.642. The van der Waals surface area contributed by atoms with Gasteiger partial charge in [0.05, 0.1) is 6.61 Å². The molecule has 0 aromatic heterocycles. The molecule has 19 heavy (non-hydrogen) atoms. The predicted molar refractivity (Wildman–Crippen MR) is 71.7 cm³/mol. The number of carbonyl (C=O) groups excluding carboxylic acids is 1. The SMILES string of the molecule is CCOC(=O)C(N)CCSCc1cc(F)cc(F)c1. The summed E-state index contributed by atoms with van der Waals surface area (Å²) in [7, 11) is 0. The third-order valence-electron chi connectivity index (χ3n) is 2.35. The molecule has 0 aliphatic carbocycles. The van der Waals surface area contributed by atoms with E-state index in [0.29, 0.717) is 30.1 Å². The van der Waals surface area contributed by atoms with Crippen molar-refractivity contribution in [3.05, 3.63) is 35.4 Å². The maximum absolute atomic E-state index is 12.9. The summed E-state index contributed by atoms with van der Waals surface area (Å²) in [5.41, 5.74) is 6.20. The van der Waals surface area contributed by atoms with E-state index in [1.54, 1.807) is 6.92 Å². The van der Waals surface area contributed by atoms with Crippen LogP contribution < -0.4 is 5.73 Å². The van der Waals surface area contributed by atoms with Crippen LogP contribution in [0.4, 0.5) is 8.78 Å². The maximum atomic E-state index is 12.9. The number of benzene rings is 1. The molecule has 0 spiro atoms. The second-order valence-corrected chi connectivity index (χ2v) is 5.08. The Morgan fingerprint density at radius 3 is 2.58 bits per heavy atom. The van der Waals surface area contributed by atoms with Crippen LogP contribution in [0.1, 0.15) is 18.9 Å². The van der Waals surface area contributed by atoms with Crippen molar-refractivity contribution in [2.75, 3.05) is 12.4 Å². The molecule has 0 fully saturated rings. The van der Waals surface area contributed by atoms with Gasteiger partial charge in [0.2, 0.25) is 0 Å². The monoisotopic (exact) mass is 289 g/mol. The Labute approximate surface area is 115 Å². The van der Waals surface area contributed by atoms with Crippen molar-refractivity contribution < 1.29 is 18.3 Å². The van der Waals surface area contributed by atoms with Crippen LogP contribution in [-0.4, -0.2) is 24.4 Å². The molecule has 0 bridgehead atoms. The second-order valence-electron chi connectivity index (χ2n) is 3.98. The van der Waals surface area contributed by atoms with Crippen LogP contribution in [0.3, 0.4) is 0 Å². The minimum Gasteiger partial charge on any atom is -0.465 e. The number of carbonyl (C=O) groups is 1. The van der Waals surface area contributed by atoms with Crippen LogP contribution in [0.2, 0.25) is 0 Å². The zero-order chi connectivity index (χ0) is 14.3. The van der Waals surface area contributed by atoms with E-state index in [2.05, 4.69) is 0 Å². The number of nitrogens with two attached hydrogens (primary N) is 1. The van der Waals surface area contributed by atoms with Gasteiger partial charge in [-0.1, -0.05) is 0 Å². The van der Waals surface area contributed by atoms with Crippen LogP contribution in [0.25, 0.3) is 0 Å². The van der Waals surface area contributed by atoms with Crippen molar-refractivity contribution in [1.82, 2.24) is 0 Å². The first-order chi connectivity index (χ1) is 9.02. The maximum Gasteiger partial charge on any atom is 0.322 e. The minimum absolute atomic E-state index is 0.308. The molecule has 106 valence electrons. The Balaban J connectivity index is 2.29. The van der Waals surface area contributed by atoms with Crippen LogP contribution >= 0.6 is 11.8 Å². The fraction of sp³-hybridized carbons (Fsp3) is 0.462. The van der Waals surface area contributed by atoms with Crippen LogP contribution in [0, 0.1) is 11.6 Å². The molecule has 2 N–H and O–H groups in total. The van der Waals surface area contributed by atoms with E-state index in [1.165, 1.54) is 23.9 Å². The molecule has 0 aliphatic heterocycles. The zero-order valence-corrected chi connectivity index (χ0v) is 11.5. The van der Waals surface area contributed by atoms with Gasteiger partial charge in [0.25, 0.3) is 0 Å². The lowest BCUT2D eigenvalue weighted by molar-refractivity contribution is -0.144. The predicted octanol–water partition coefficient (Wildman–Crippen LogP) is 2.48. The molecule has 3 nitrogen and oxygen atoms in total. The molecular formula is C13H17F2NO2S. The molecule has 1 atom stereocenters. The summed E-state index contributed by atoms with van der Waals surface area (Å²) in [5.74, 6) is -0.486. The van der Waals surface area contributed by atoms with Crippen molar-refractivity contribution in [2.24, 2.45) is 5.73 Å². The molecule has 0 heterocycles. The molecule has 1 aromatic carbocycles. The fourth-order valence-corrected chi connectivity index (χ4v) is 2.43. The summed E-state index contributed by atoms with van der Waals surface area (Å²) in [6.45, 7) is 2.03. The number of ether oxygens (including phenoxy) is 1. The van der Waals surface area contributed by atoms with Gasteiger partial charge >= 0.3 is 5.97 Å². The quantitative estimate of drug-likeness (QED) is 0.619. The molecule has 6 heteroatoms. The Bertz CT molecular complexity index is 409. The average Bonchev–Trinajstić information content (AvgIpc) is 2.33. The number of halogens is 2. The topological polar surface area (TPSA) is 52.3 Å². The lowest BCUT2D eigenvalue weighted by Gasteiger charge is -2.10. The molecule has 1 aromatic rings. The van der Waals surface area contributed by atoms with Gasteiger partial charge in [-0.25, -0.2) is 8.78 Å². The first-order valence-electron chi connectivity index (χ1n) is 5.98. The zero-order valence-electron chi connectivity index (χ0n) is 10.7. The van der Waals surface area contributed by atoms with E-state index in [9.17, 15) is 13.6 Å². The average molecular weight is 289 g/mol. The van der Waals surface area contributed by atoms with Gasteiger partial charge in [0.1, 0.15) is 17.7 Å². The van der Waals surface area contributed by atoms with Crippen molar-refractivity contribution in [3.63, 3.8) is 0 Å². The molecule has 0 saturated heterocycles. The molecule has 0 amide bonds. The van der Waals surface area contributed by atoms with Gasteiger partial charge in [0, 0.05) is 11.8 Å². The summed E-state index contributed by atoms with van der Waals surface area (Å²) in [6.07, 6.45) is 0.474. The lowest BCUT2D eigenvalue weighted by atomic mass is 10.2. The van der Waals surface area contributed by atoms with E-state index in [1.807, 2.05) is 0 Å². The van der Waals surface area contributed by atoms with Crippen LogP contribution in [0.5, 0.6) is 0 Å². The third-order valence-corrected chi connectivity index (χ3v) is 3.42. The largest absolute Gasteiger partial charge is 0.465 e. The van der Waals surface area contributed by atoms with Gasteiger partial charge in [-0.15, -0.1) is 0 Å². The molecule has 0 saturated carbocycles. The normalized spacial score (nSPS) is 12.2. The lowest BCUT2D eigenvalue weighted by Crippen LogP contribution is -2.32. The summed E-state index contributed by atoms with van der Waals surface area (Å²) < 4.78 is 30.6. The highest BCUT2D eigenvalue weighted by Crippen LogP contribution is 2.16. The Morgan fingerprint density at radius 2 is 2.00 bits per heavy atom. The van der Waals surface area contributed by atoms with Crippen molar-refractivity contribution in [2.45, 2.75) is 25.1 Å². The highest BCUT2D eigenvalue weighted by molar-refractivity contribution is 7.98. The molecule has 1 rings (SSSR count). The van der Waals surface area contributed by atoms with Crippen molar-refractivity contribution in [3.8, 4) is 0 Å². The van der Waals surface area contributed by atoms with Gasteiger partial charge in [-0.05, 0) is 36.8 Å². The van der Waals surface area contributed by atoms with E-state index >= 15 is 0 Å². The number of thioether (sulfide) groups is 1. The van der Waals surface area contributed by atoms with Gasteiger partial charge in [-0.2, -0.15) is 11.8 Å². The summed E-state index contributed by atoms with van der Waals surface area (Å²) in [6, 6.07) is 2.78. The van der Waals surface area contributed by atoms with E-state index in [4.69, 9.17) is 10.5 Å². The smallest absolute Gasteiger partial charge is 0.322 e. The number of hydrogen-bond donors (Lipinski definition) is 1. The Morgan fingerprint density at radius 1 is 1.37 bits per heavy atom. The summed E-state index contributed by atoms with van der Waals surface area (Å²) >= 11 is 1.47. The Kier molecular flexibility index (Phi) is 6.80. The van der Waals surface area contributed by atoms with Gasteiger partial charge in [0.15, 0.2) is 0 Å². The van der Waals surface area contributed by atoms with Crippen molar-refractivity contribution >= 4 is 17.7 Å². The second kappa shape index (κ2) is 8.12.